The van der Waals surface area contributed by atoms with Gasteiger partial charge in [-0.25, -0.2) is 4.39 Å². The van der Waals surface area contributed by atoms with Crippen LogP contribution in [0, 0.1) is 18.3 Å². The second-order valence-electron chi connectivity index (χ2n) is 3.62. The van der Waals surface area contributed by atoms with E-state index in [-0.39, 0.29) is 11.7 Å². The molecule has 14 heavy (non-hydrogen) atoms. The van der Waals surface area contributed by atoms with E-state index >= 15 is 0 Å². The summed E-state index contributed by atoms with van der Waals surface area (Å²) in [7, 11) is 1.82. The third kappa shape index (κ3) is 1.07. The Balaban J connectivity index is 2.66. The maximum absolute atomic E-state index is 13.5. The number of halogens is 1. The van der Waals surface area contributed by atoms with Crippen LogP contribution < -0.4 is 0 Å². The van der Waals surface area contributed by atoms with Gasteiger partial charge in [0.2, 0.25) is 0 Å². The molecular formula is C11H11FN2. The SMILES string of the molecule is Cc1cc2c(n1C)C(F)=CCC2C#N. The van der Waals surface area contributed by atoms with Crippen molar-refractivity contribution >= 4 is 5.83 Å². The predicted molar refractivity (Wildman–Crippen MR) is 52.2 cm³/mol. The Labute approximate surface area is 82.3 Å². The lowest BCUT2D eigenvalue weighted by Crippen LogP contribution is -2.05. The predicted octanol–water partition coefficient (Wildman–Crippen LogP) is 2.65. The molecule has 0 saturated heterocycles. The van der Waals surface area contributed by atoms with Crippen LogP contribution in [0.1, 0.15) is 29.3 Å². The molecule has 72 valence electrons. The lowest BCUT2D eigenvalue weighted by Gasteiger charge is -2.14. The number of hydrogen-bond donors (Lipinski definition) is 0. The van der Waals surface area contributed by atoms with E-state index in [1.807, 2.05) is 20.0 Å². The maximum atomic E-state index is 13.5. The van der Waals surface area contributed by atoms with Gasteiger partial charge in [0.1, 0.15) is 5.83 Å². The Morgan fingerprint density at radius 1 is 1.64 bits per heavy atom. The molecule has 1 aliphatic rings. The lowest BCUT2D eigenvalue weighted by molar-refractivity contribution is 0.696. The number of hydrogen-bond acceptors (Lipinski definition) is 1. The van der Waals surface area contributed by atoms with Crippen LogP contribution in [0.5, 0.6) is 0 Å². The first-order valence-electron chi connectivity index (χ1n) is 4.57. The van der Waals surface area contributed by atoms with Crippen molar-refractivity contribution in [2.45, 2.75) is 19.3 Å². The van der Waals surface area contributed by atoms with Crippen molar-refractivity contribution < 1.29 is 4.39 Å². The van der Waals surface area contributed by atoms with Crippen molar-refractivity contribution in [2.24, 2.45) is 7.05 Å². The first-order valence-corrected chi connectivity index (χ1v) is 4.57. The molecule has 0 radical (unpaired) electrons. The monoisotopic (exact) mass is 190 g/mol. The molecule has 0 fully saturated rings. The molecule has 0 saturated carbocycles. The molecule has 1 aromatic rings. The zero-order chi connectivity index (χ0) is 10.3. The van der Waals surface area contributed by atoms with E-state index in [2.05, 4.69) is 6.07 Å². The minimum Gasteiger partial charge on any atom is -0.346 e. The summed E-state index contributed by atoms with van der Waals surface area (Å²) < 4.78 is 15.3. The van der Waals surface area contributed by atoms with E-state index < -0.39 is 0 Å². The summed E-state index contributed by atoms with van der Waals surface area (Å²) in [6.45, 7) is 1.92. The smallest absolute Gasteiger partial charge is 0.143 e. The summed E-state index contributed by atoms with van der Waals surface area (Å²) in [6, 6.07) is 4.10. The molecule has 0 aliphatic heterocycles. The molecule has 0 spiro atoms. The van der Waals surface area contributed by atoms with E-state index in [9.17, 15) is 4.39 Å². The molecule has 2 rings (SSSR count). The molecule has 0 aromatic carbocycles. The van der Waals surface area contributed by atoms with E-state index in [1.54, 1.807) is 4.57 Å². The molecule has 0 amide bonds. The highest BCUT2D eigenvalue weighted by Crippen LogP contribution is 2.36. The van der Waals surface area contributed by atoms with Gasteiger partial charge in [0.05, 0.1) is 17.7 Å². The highest BCUT2D eigenvalue weighted by molar-refractivity contribution is 5.65. The van der Waals surface area contributed by atoms with Crippen LogP contribution in [-0.4, -0.2) is 4.57 Å². The van der Waals surface area contributed by atoms with Crippen LogP contribution >= 0.6 is 0 Å². The quantitative estimate of drug-likeness (QED) is 0.618. The van der Waals surface area contributed by atoms with Crippen molar-refractivity contribution in [2.75, 3.05) is 0 Å². The minimum atomic E-state index is -0.206. The van der Waals surface area contributed by atoms with Crippen molar-refractivity contribution in [1.82, 2.24) is 4.57 Å². The molecule has 0 N–H and O–H groups in total. The number of fused-ring (bicyclic) bond motifs is 1. The van der Waals surface area contributed by atoms with Crippen molar-refractivity contribution in [3.63, 3.8) is 0 Å². The Bertz CT molecular complexity index is 449. The van der Waals surface area contributed by atoms with Crippen LogP contribution in [-0.2, 0) is 7.05 Å². The van der Waals surface area contributed by atoms with Gasteiger partial charge < -0.3 is 4.57 Å². The number of rotatable bonds is 0. The standard InChI is InChI=1S/C11H11FN2/c1-7-5-9-8(6-13)3-4-10(12)11(9)14(7)2/h4-5,8H,3H2,1-2H3. The van der Waals surface area contributed by atoms with Crippen LogP contribution in [0.2, 0.25) is 0 Å². The first kappa shape index (κ1) is 9.01. The maximum Gasteiger partial charge on any atom is 0.143 e. The van der Waals surface area contributed by atoms with Gasteiger partial charge in [-0.2, -0.15) is 5.26 Å². The summed E-state index contributed by atoms with van der Waals surface area (Å²) in [5.74, 6) is -0.397. The number of aromatic nitrogens is 1. The molecular weight excluding hydrogens is 179 g/mol. The fourth-order valence-electron chi connectivity index (χ4n) is 1.89. The summed E-state index contributed by atoms with van der Waals surface area (Å²) in [6.07, 6.45) is 1.98. The van der Waals surface area contributed by atoms with Crippen molar-refractivity contribution in [3.8, 4) is 6.07 Å². The molecule has 2 nitrogen and oxygen atoms in total. The number of nitrogens with zero attached hydrogens (tertiary/aromatic N) is 2. The highest BCUT2D eigenvalue weighted by atomic mass is 19.1. The van der Waals surface area contributed by atoms with Crippen LogP contribution in [0.3, 0.4) is 0 Å². The Morgan fingerprint density at radius 3 is 3.00 bits per heavy atom. The van der Waals surface area contributed by atoms with Crippen LogP contribution in [0.25, 0.3) is 5.83 Å². The largest absolute Gasteiger partial charge is 0.346 e. The lowest BCUT2D eigenvalue weighted by atomic mass is 9.92. The molecule has 1 aliphatic carbocycles. The highest BCUT2D eigenvalue weighted by Gasteiger charge is 2.25. The second kappa shape index (κ2) is 2.98. The topological polar surface area (TPSA) is 28.7 Å². The zero-order valence-electron chi connectivity index (χ0n) is 8.21. The molecule has 0 bridgehead atoms. The van der Waals surface area contributed by atoms with Gasteiger partial charge in [-0.05, 0) is 31.1 Å². The van der Waals surface area contributed by atoms with E-state index in [1.165, 1.54) is 6.08 Å². The summed E-state index contributed by atoms with van der Waals surface area (Å²) in [5, 5.41) is 8.91. The fraction of sp³-hybridized carbons (Fsp3) is 0.364. The van der Waals surface area contributed by atoms with Gasteiger partial charge in [0.15, 0.2) is 0 Å². The van der Waals surface area contributed by atoms with Crippen LogP contribution in [0.4, 0.5) is 4.39 Å². The van der Waals surface area contributed by atoms with Gasteiger partial charge in [0, 0.05) is 12.7 Å². The second-order valence-corrected chi connectivity index (χ2v) is 3.62. The number of aryl methyl sites for hydroxylation is 1. The average molecular weight is 190 g/mol. The molecule has 1 aromatic heterocycles. The summed E-state index contributed by atoms with van der Waals surface area (Å²) in [4.78, 5) is 0. The van der Waals surface area contributed by atoms with Gasteiger partial charge in [0.25, 0.3) is 0 Å². The minimum absolute atomic E-state index is 0.190. The zero-order valence-corrected chi connectivity index (χ0v) is 8.21. The van der Waals surface area contributed by atoms with E-state index in [4.69, 9.17) is 5.26 Å². The van der Waals surface area contributed by atoms with Gasteiger partial charge in [-0.3, -0.25) is 0 Å². The van der Waals surface area contributed by atoms with E-state index in [0.29, 0.717) is 12.1 Å². The fourth-order valence-corrected chi connectivity index (χ4v) is 1.89. The summed E-state index contributed by atoms with van der Waals surface area (Å²) >= 11 is 0. The van der Waals surface area contributed by atoms with Gasteiger partial charge in [-0.1, -0.05) is 0 Å². The third-order valence-electron chi connectivity index (χ3n) is 2.79. The number of allylic oxidation sites excluding steroid dienone is 1. The third-order valence-corrected chi connectivity index (χ3v) is 2.79. The average Bonchev–Trinajstić information content (AvgIpc) is 2.45. The summed E-state index contributed by atoms with van der Waals surface area (Å²) in [5.41, 5.74) is 2.38. The van der Waals surface area contributed by atoms with Crippen molar-refractivity contribution in [1.29, 1.82) is 5.26 Å². The molecule has 1 unspecified atom stereocenters. The van der Waals surface area contributed by atoms with Crippen molar-refractivity contribution in [3.05, 3.63) is 29.1 Å². The first-order chi connectivity index (χ1) is 6.65. The van der Waals surface area contributed by atoms with Gasteiger partial charge >= 0.3 is 0 Å². The van der Waals surface area contributed by atoms with Crippen LogP contribution in [0.15, 0.2) is 12.1 Å². The Morgan fingerprint density at radius 2 is 2.36 bits per heavy atom. The molecule has 1 atom stereocenters. The molecule has 3 heteroatoms. The molecule has 1 heterocycles. The Kier molecular flexibility index (Phi) is 1.92. The normalized spacial score (nSPS) is 19.9. The Hall–Kier alpha value is -1.56. The van der Waals surface area contributed by atoms with Gasteiger partial charge in [-0.15, -0.1) is 0 Å². The van der Waals surface area contributed by atoms with E-state index in [0.717, 1.165) is 11.3 Å². The number of nitriles is 1.